The Balaban J connectivity index is 1.91. The van der Waals surface area contributed by atoms with Gasteiger partial charge >= 0.3 is 0 Å². The molecule has 0 spiro atoms. The van der Waals surface area contributed by atoms with Crippen LogP contribution in [0.4, 0.5) is 5.82 Å². The van der Waals surface area contributed by atoms with Gasteiger partial charge in [-0.3, -0.25) is 4.68 Å². The minimum atomic E-state index is -0.0319. The van der Waals surface area contributed by atoms with Crippen molar-refractivity contribution in [2.24, 2.45) is 0 Å². The minimum absolute atomic E-state index is 0.0319. The van der Waals surface area contributed by atoms with Gasteiger partial charge in [0, 0.05) is 11.8 Å². The highest BCUT2D eigenvalue weighted by molar-refractivity contribution is 8.00. The number of rotatable bonds is 4. The molecule has 0 aliphatic rings. The van der Waals surface area contributed by atoms with Gasteiger partial charge in [0.15, 0.2) is 9.99 Å². The molecule has 24 heavy (non-hydrogen) atoms. The van der Waals surface area contributed by atoms with Crippen molar-refractivity contribution in [3.63, 3.8) is 0 Å². The van der Waals surface area contributed by atoms with Crippen LogP contribution in [0.1, 0.15) is 45.0 Å². The van der Waals surface area contributed by atoms with Crippen LogP contribution in [0.3, 0.4) is 0 Å². The Morgan fingerprint density at radius 3 is 2.67 bits per heavy atom. The minimum Gasteiger partial charge on any atom is -0.362 e. The fourth-order valence-electron chi connectivity index (χ4n) is 2.45. The van der Waals surface area contributed by atoms with Crippen molar-refractivity contribution in [1.29, 1.82) is 0 Å². The van der Waals surface area contributed by atoms with E-state index >= 15 is 0 Å². The Bertz CT molecular complexity index is 861. The van der Waals surface area contributed by atoms with E-state index in [1.807, 2.05) is 17.9 Å². The molecule has 128 valence electrons. The zero-order valence-electron chi connectivity index (χ0n) is 14.8. The summed E-state index contributed by atoms with van der Waals surface area (Å²) in [4.78, 5) is 13.2. The van der Waals surface area contributed by atoms with Crippen molar-refractivity contribution in [1.82, 2.24) is 24.7 Å². The molecule has 0 bridgehead atoms. The smallest absolute Gasteiger partial charge is 0.176 e. The average molecular weight is 363 g/mol. The molecular weight excluding hydrogens is 340 g/mol. The first-order chi connectivity index (χ1) is 11.3. The second-order valence-electron chi connectivity index (χ2n) is 6.71. The molecule has 0 saturated carbocycles. The number of aryl methyl sites for hydroxylation is 1. The average Bonchev–Trinajstić information content (AvgIpc) is 3.10. The maximum Gasteiger partial charge on any atom is 0.176 e. The maximum absolute atomic E-state index is 4.66. The van der Waals surface area contributed by atoms with Crippen molar-refractivity contribution in [3.05, 3.63) is 23.8 Å². The van der Waals surface area contributed by atoms with Gasteiger partial charge in [-0.15, -0.1) is 11.3 Å². The molecule has 0 radical (unpaired) electrons. The van der Waals surface area contributed by atoms with Crippen molar-refractivity contribution in [3.8, 4) is 0 Å². The highest BCUT2D eigenvalue weighted by atomic mass is 32.2. The van der Waals surface area contributed by atoms with E-state index in [2.05, 4.69) is 59.3 Å². The number of fused-ring (bicyclic) bond motifs is 1. The van der Waals surface area contributed by atoms with E-state index in [9.17, 15) is 0 Å². The van der Waals surface area contributed by atoms with E-state index in [1.54, 1.807) is 29.4 Å². The molecule has 3 heterocycles. The number of nitrogens with zero attached hydrogens (tertiary/aromatic N) is 5. The predicted octanol–water partition coefficient (Wildman–Crippen LogP) is 4.24. The third-order valence-corrected chi connectivity index (χ3v) is 5.83. The molecule has 3 rings (SSSR count). The topological polar surface area (TPSA) is 68.5 Å². The van der Waals surface area contributed by atoms with Crippen LogP contribution in [-0.4, -0.2) is 31.0 Å². The lowest BCUT2D eigenvalue weighted by molar-refractivity contribution is 0.354. The van der Waals surface area contributed by atoms with Crippen molar-refractivity contribution in [2.75, 3.05) is 11.6 Å². The van der Waals surface area contributed by atoms with Crippen molar-refractivity contribution in [2.45, 2.75) is 50.5 Å². The first kappa shape index (κ1) is 17.2. The van der Waals surface area contributed by atoms with Gasteiger partial charge in [-0.2, -0.15) is 5.10 Å². The van der Waals surface area contributed by atoms with Crippen LogP contribution in [0.15, 0.2) is 16.9 Å². The Kier molecular flexibility index (Phi) is 4.52. The van der Waals surface area contributed by atoms with Crippen molar-refractivity contribution < 1.29 is 0 Å². The second-order valence-corrected chi connectivity index (χ2v) is 8.76. The maximum atomic E-state index is 4.66. The fourth-order valence-corrected chi connectivity index (χ4v) is 3.92. The van der Waals surface area contributed by atoms with Crippen LogP contribution in [-0.2, 0) is 5.54 Å². The lowest BCUT2D eigenvalue weighted by atomic mass is 10.1. The summed E-state index contributed by atoms with van der Waals surface area (Å²) in [5.41, 5.74) is 2.92. The zero-order chi connectivity index (χ0) is 17.5. The standard InChI is InChI=1S/C16H22N6S2/c1-9(11-7-22(16(3,4)5)21-10(11)2)19-13-12-14(18-8-17-13)20-15(23-6)24-12/h7-9H,1-6H3,(H,17,18,19). The van der Waals surface area contributed by atoms with E-state index in [0.29, 0.717) is 0 Å². The molecule has 3 aromatic rings. The summed E-state index contributed by atoms with van der Waals surface area (Å²) < 4.78 is 4.01. The normalized spacial score (nSPS) is 13.4. The molecule has 0 amide bonds. The predicted molar refractivity (Wildman–Crippen MR) is 101 cm³/mol. The quantitative estimate of drug-likeness (QED) is 0.700. The summed E-state index contributed by atoms with van der Waals surface area (Å²) in [5.74, 6) is 0.827. The van der Waals surface area contributed by atoms with Crippen LogP contribution in [0, 0.1) is 6.92 Å². The number of hydrogen-bond donors (Lipinski definition) is 1. The Labute approximate surface area is 150 Å². The van der Waals surface area contributed by atoms with Gasteiger partial charge in [0.2, 0.25) is 0 Å². The summed E-state index contributed by atoms with van der Waals surface area (Å²) in [6.07, 6.45) is 5.70. The number of thiazole rings is 1. The van der Waals surface area contributed by atoms with Gasteiger partial charge in [-0.1, -0.05) is 11.8 Å². The number of hydrogen-bond acceptors (Lipinski definition) is 7. The number of aromatic nitrogens is 5. The lowest BCUT2D eigenvalue weighted by Gasteiger charge is -2.19. The summed E-state index contributed by atoms with van der Waals surface area (Å²) in [5, 5.41) is 8.16. The molecule has 1 N–H and O–H groups in total. The van der Waals surface area contributed by atoms with Crippen LogP contribution in [0.5, 0.6) is 0 Å². The molecule has 0 aliphatic heterocycles. The van der Waals surface area contributed by atoms with Gasteiger partial charge in [-0.05, 0) is 40.9 Å². The summed E-state index contributed by atoms with van der Waals surface area (Å²) in [6, 6.07) is 0.0963. The van der Waals surface area contributed by atoms with Gasteiger partial charge in [0.25, 0.3) is 0 Å². The van der Waals surface area contributed by atoms with Crippen LogP contribution in [0.25, 0.3) is 10.3 Å². The third-order valence-electron chi connectivity index (χ3n) is 3.79. The van der Waals surface area contributed by atoms with Crippen molar-refractivity contribution >= 4 is 39.3 Å². The van der Waals surface area contributed by atoms with Crippen LogP contribution in [0.2, 0.25) is 0 Å². The van der Waals surface area contributed by atoms with E-state index in [1.165, 1.54) is 5.56 Å². The highest BCUT2D eigenvalue weighted by Crippen LogP contribution is 2.33. The van der Waals surface area contributed by atoms with Crippen LogP contribution >= 0.6 is 23.1 Å². The molecule has 0 saturated heterocycles. The largest absolute Gasteiger partial charge is 0.362 e. The zero-order valence-corrected chi connectivity index (χ0v) is 16.4. The summed E-state index contributed by atoms with van der Waals surface area (Å²) >= 11 is 3.24. The highest BCUT2D eigenvalue weighted by Gasteiger charge is 2.20. The number of nitrogens with one attached hydrogen (secondary N) is 1. The Hall–Kier alpha value is -1.67. The molecular formula is C16H22N6S2. The van der Waals surface area contributed by atoms with Gasteiger partial charge in [0.1, 0.15) is 16.8 Å². The Morgan fingerprint density at radius 2 is 2.04 bits per heavy atom. The summed E-state index contributed by atoms with van der Waals surface area (Å²) in [7, 11) is 0. The molecule has 6 nitrogen and oxygen atoms in total. The van der Waals surface area contributed by atoms with Crippen LogP contribution < -0.4 is 5.32 Å². The molecule has 0 aromatic carbocycles. The van der Waals surface area contributed by atoms with Gasteiger partial charge < -0.3 is 5.32 Å². The summed E-state index contributed by atoms with van der Waals surface area (Å²) in [6.45, 7) is 10.6. The lowest BCUT2D eigenvalue weighted by Crippen LogP contribution is -2.22. The van der Waals surface area contributed by atoms with E-state index in [4.69, 9.17) is 0 Å². The first-order valence-electron chi connectivity index (χ1n) is 7.78. The fraction of sp³-hybridized carbons (Fsp3) is 0.500. The Morgan fingerprint density at radius 1 is 1.29 bits per heavy atom. The molecule has 3 aromatic heterocycles. The monoisotopic (exact) mass is 362 g/mol. The number of anilines is 1. The van der Waals surface area contributed by atoms with E-state index < -0.39 is 0 Å². The van der Waals surface area contributed by atoms with Gasteiger partial charge in [-0.25, -0.2) is 15.0 Å². The molecule has 0 aliphatic carbocycles. The molecule has 8 heteroatoms. The van der Waals surface area contributed by atoms with E-state index in [-0.39, 0.29) is 11.6 Å². The van der Waals surface area contributed by atoms with Gasteiger partial charge in [0.05, 0.1) is 17.3 Å². The SMILES string of the molecule is CSc1nc2ncnc(NC(C)c3cn(C(C)(C)C)nc3C)c2s1. The molecule has 1 unspecified atom stereocenters. The molecule has 0 fully saturated rings. The second kappa shape index (κ2) is 6.33. The number of thioether (sulfide) groups is 1. The first-order valence-corrected chi connectivity index (χ1v) is 9.82. The molecule has 1 atom stereocenters. The van der Waals surface area contributed by atoms with E-state index in [0.717, 1.165) is 26.2 Å². The third kappa shape index (κ3) is 3.25.